The van der Waals surface area contributed by atoms with Crippen LogP contribution in [0.15, 0.2) is 4.99 Å². The summed E-state index contributed by atoms with van der Waals surface area (Å²) in [5.74, 6) is 2.08. The van der Waals surface area contributed by atoms with Crippen LogP contribution in [0, 0.1) is 17.8 Å². The maximum atomic E-state index is 12.0. The van der Waals surface area contributed by atoms with Crippen molar-refractivity contribution in [3.05, 3.63) is 0 Å². The summed E-state index contributed by atoms with van der Waals surface area (Å²) in [7, 11) is 1.85. The fourth-order valence-electron chi connectivity index (χ4n) is 3.98. The van der Waals surface area contributed by atoms with Crippen LogP contribution in [0.5, 0.6) is 0 Å². The van der Waals surface area contributed by atoms with Crippen LogP contribution in [0.3, 0.4) is 0 Å². The number of carbonyl (C=O) groups is 1. The summed E-state index contributed by atoms with van der Waals surface area (Å²) in [6, 6.07) is 0. The lowest BCUT2D eigenvalue weighted by molar-refractivity contribution is 0.0461. The quantitative estimate of drug-likeness (QED) is 0.788. The molecule has 0 aromatic carbocycles. The molecule has 4 atom stereocenters. The van der Waals surface area contributed by atoms with Gasteiger partial charge in [-0.3, -0.25) is 0 Å². The molecule has 1 unspecified atom stereocenters. The molecule has 0 bridgehead atoms. The third-order valence-electron chi connectivity index (χ3n) is 4.47. The second kappa shape index (κ2) is 5.38. The highest BCUT2D eigenvalue weighted by atomic mass is 16.6. The summed E-state index contributed by atoms with van der Waals surface area (Å²) in [4.78, 5) is 16.1. The van der Waals surface area contributed by atoms with Gasteiger partial charge in [0, 0.05) is 18.8 Å². The highest BCUT2D eigenvalue weighted by Crippen LogP contribution is 2.50. The second-order valence-corrected chi connectivity index (χ2v) is 7.75. The lowest BCUT2D eigenvalue weighted by Gasteiger charge is -2.29. The molecule has 1 N–H and O–H groups in total. The summed E-state index contributed by atoms with van der Waals surface area (Å²) in [6.07, 6.45) is 6.36. The maximum absolute atomic E-state index is 12.0. The number of nitrogens with zero attached hydrogens (tertiary/aromatic N) is 1. The van der Waals surface area contributed by atoms with Crippen LogP contribution >= 0.6 is 0 Å². The van der Waals surface area contributed by atoms with Crippen LogP contribution in [0.25, 0.3) is 0 Å². The van der Waals surface area contributed by atoms with Crippen LogP contribution < -0.4 is 5.32 Å². The largest absolute Gasteiger partial charge is 0.444 e. The molecule has 4 nitrogen and oxygen atoms in total. The Morgan fingerprint density at radius 3 is 2.30 bits per heavy atom. The van der Waals surface area contributed by atoms with Crippen LogP contribution in [-0.2, 0) is 4.74 Å². The smallest absolute Gasteiger partial charge is 0.408 e. The van der Waals surface area contributed by atoms with Crippen molar-refractivity contribution >= 4 is 12.3 Å². The van der Waals surface area contributed by atoms with E-state index in [4.69, 9.17) is 4.74 Å². The lowest BCUT2D eigenvalue weighted by Crippen LogP contribution is -2.46. The summed E-state index contributed by atoms with van der Waals surface area (Å²) >= 11 is 0. The van der Waals surface area contributed by atoms with Crippen molar-refractivity contribution in [3.8, 4) is 0 Å². The van der Waals surface area contributed by atoms with Gasteiger partial charge in [0.2, 0.25) is 0 Å². The van der Waals surface area contributed by atoms with Gasteiger partial charge in [-0.25, -0.2) is 4.79 Å². The Balaban J connectivity index is 1.88. The van der Waals surface area contributed by atoms with E-state index < -0.39 is 5.60 Å². The van der Waals surface area contributed by atoms with E-state index >= 15 is 0 Å². The third kappa shape index (κ3) is 3.74. The molecule has 2 aliphatic rings. The van der Waals surface area contributed by atoms with Gasteiger partial charge in [-0.1, -0.05) is 0 Å². The molecule has 20 heavy (non-hydrogen) atoms. The van der Waals surface area contributed by atoms with Crippen LogP contribution in [0.4, 0.5) is 4.79 Å². The molecule has 0 aliphatic heterocycles. The molecule has 0 spiro atoms. The van der Waals surface area contributed by atoms with Gasteiger partial charge in [0.05, 0.1) is 0 Å². The van der Waals surface area contributed by atoms with E-state index in [9.17, 15) is 4.79 Å². The Bertz CT molecular complexity index is 384. The first-order chi connectivity index (χ1) is 9.21. The minimum absolute atomic E-state index is 0.105. The molecular formula is C16H28N2O2. The zero-order valence-corrected chi connectivity index (χ0v) is 13.4. The van der Waals surface area contributed by atoms with Gasteiger partial charge in [0.1, 0.15) is 5.60 Å². The number of alkyl carbamates (subject to hydrolysis) is 1. The highest BCUT2D eigenvalue weighted by Gasteiger charge is 2.47. The molecule has 114 valence electrons. The van der Waals surface area contributed by atoms with E-state index in [0.29, 0.717) is 5.92 Å². The maximum Gasteiger partial charge on any atom is 0.408 e. The molecule has 2 aliphatic carbocycles. The zero-order chi connectivity index (χ0) is 15.0. The predicted octanol–water partition coefficient (Wildman–Crippen LogP) is 3.41. The first-order valence-corrected chi connectivity index (χ1v) is 7.64. The fourth-order valence-corrected chi connectivity index (χ4v) is 3.98. The van der Waals surface area contributed by atoms with Crippen LogP contribution in [-0.4, -0.2) is 30.5 Å². The van der Waals surface area contributed by atoms with E-state index in [1.165, 1.54) is 12.8 Å². The minimum atomic E-state index is -0.433. The number of nitrogens with one attached hydrogen (secondary N) is 1. The summed E-state index contributed by atoms with van der Waals surface area (Å²) in [5, 5.41) is 3.09. The van der Waals surface area contributed by atoms with E-state index in [1.54, 1.807) is 0 Å². The van der Waals surface area contributed by atoms with Crippen molar-refractivity contribution in [3.63, 3.8) is 0 Å². The molecule has 0 aromatic rings. The number of hydrogen-bond donors (Lipinski definition) is 1. The van der Waals surface area contributed by atoms with Crippen molar-refractivity contribution in [1.29, 1.82) is 0 Å². The Hall–Kier alpha value is -1.06. The summed E-state index contributed by atoms with van der Waals surface area (Å²) in [6.45, 7) is 7.84. The first-order valence-electron chi connectivity index (χ1n) is 7.64. The normalized spacial score (nSPS) is 37.1. The van der Waals surface area contributed by atoms with Gasteiger partial charge in [-0.2, -0.15) is 0 Å². The second-order valence-electron chi connectivity index (χ2n) is 7.75. The molecule has 0 radical (unpaired) electrons. The van der Waals surface area contributed by atoms with Gasteiger partial charge in [0.25, 0.3) is 0 Å². The van der Waals surface area contributed by atoms with Gasteiger partial charge in [-0.15, -0.1) is 0 Å². The minimum Gasteiger partial charge on any atom is -0.444 e. The standard InChI is InChI=1S/C16H28N2O2/c1-15(2,3)20-14(19)18-16(4)8-12-6-11(10-17-5)7-13(12)9-16/h10-13H,6-9H2,1-5H3,(H,18,19)/b17-10-/t11?,12-,13+,16-. The average molecular weight is 280 g/mol. The van der Waals surface area contributed by atoms with E-state index in [0.717, 1.165) is 24.7 Å². The van der Waals surface area contributed by atoms with Crippen molar-refractivity contribution in [2.45, 2.75) is 64.5 Å². The van der Waals surface area contributed by atoms with E-state index in [-0.39, 0.29) is 11.6 Å². The van der Waals surface area contributed by atoms with Crippen LogP contribution in [0.1, 0.15) is 53.4 Å². The number of hydrogen-bond acceptors (Lipinski definition) is 3. The Morgan fingerprint density at radius 2 is 1.85 bits per heavy atom. The lowest BCUT2D eigenvalue weighted by atomic mass is 9.94. The number of aliphatic imine (C=N–C) groups is 1. The van der Waals surface area contributed by atoms with Crippen LogP contribution in [0.2, 0.25) is 0 Å². The molecule has 2 rings (SSSR count). The van der Waals surface area contributed by atoms with E-state index in [1.807, 2.05) is 27.8 Å². The monoisotopic (exact) mass is 280 g/mol. The summed E-state index contributed by atoms with van der Waals surface area (Å²) < 4.78 is 5.38. The Labute approximate surface area is 122 Å². The van der Waals surface area contributed by atoms with E-state index in [2.05, 4.69) is 23.4 Å². The molecule has 0 aromatic heterocycles. The molecule has 2 fully saturated rings. The van der Waals surface area contributed by atoms with Gasteiger partial charge in [0.15, 0.2) is 0 Å². The molecule has 1 amide bonds. The highest BCUT2D eigenvalue weighted by molar-refractivity contribution is 5.69. The number of ether oxygens (including phenoxy) is 1. The third-order valence-corrected chi connectivity index (χ3v) is 4.47. The average Bonchev–Trinajstić information content (AvgIpc) is 2.68. The zero-order valence-electron chi connectivity index (χ0n) is 13.4. The number of amides is 1. The SMILES string of the molecule is C/N=C\C1C[C@@H]2C[C@@](C)(NC(=O)OC(C)(C)C)C[C@@H]2C1. The number of fused-ring (bicyclic) bond motifs is 1. The van der Waals surface area contributed by atoms with Crippen molar-refractivity contribution in [1.82, 2.24) is 5.32 Å². The van der Waals surface area contributed by atoms with Gasteiger partial charge in [-0.05, 0) is 71.1 Å². The molecule has 0 saturated heterocycles. The predicted molar refractivity (Wildman–Crippen MR) is 81.1 cm³/mol. The molecule has 2 saturated carbocycles. The molecule has 4 heteroatoms. The molecule has 0 heterocycles. The number of rotatable bonds is 2. The topological polar surface area (TPSA) is 50.7 Å². The van der Waals surface area contributed by atoms with Crippen molar-refractivity contribution < 1.29 is 9.53 Å². The Morgan fingerprint density at radius 1 is 1.30 bits per heavy atom. The fraction of sp³-hybridized carbons (Fsp3) is 0.875. The Kier molecular flexibility index (Phi) is 4.12. The van der Waals surface area contributed by atoms with Gasteiger partial charge < -0.3 is 15.0 Å². The molecular weight excluding hydrogens is 252 g/mol. The van der Waals surface area contributed by atoms with Crippen molar-refractivity contribution in [2.24, 2.45) is 22.7 Å². The van der Waals surface area contributed by atoms with Gasteiger partial charge >= 0.3 is 6.09 Å². The number of carbonyl (C=O) groups excluding carboxylic acids is 1. The van der Waals surface area contributed by atoms with Crippen molar-refractivity contribution in [2.75, 3.05) is 7.05 Å². The first kappa shape index (κ1) is 15.3. The summed E-state index contributed by atoms with van der Waals surface area (Å²) in [5.41, 5.74) is -0.538.